The lowest BCUT2D eigenvalue weighted by molar-refractivity contribution is -0.139. The Balaban J connectivity index is 1.77. The second kappa shape index (κ2) is 9.21. The summed E-state index contributed by atoms with van der Waals surface area (Å²) in [6, 6.07) is 9.77. The largest absolute Gasteiger partial charge is 0.481 e. The van der Waals surface area contributed by atoms with Gasteiger partial charge in [0.25, 0.3) is 11.1 Å². The molecule has 0 atom stereocenters. The first-order chi connectivity index (χ1) is 13.7. The number of aliphatic carboxylic acids is 1. The van der Waals surface area contributed by atoms with E-state index in [1.54, 1.807) is 42.5 Å². The van der Waals surface area contributed by atoms with E-state index < -0.39 is 23.7 Å². The molecular weight excluding hydrogens is 505 g/mol. The van der Waals surface area contributed by atoms with Gasteiger partial charge in [0.1, 0.15) is 5.75 Å². The molecule has 2 aromatic rings. The van der Waals surface area contributed by atoms with E-state index in [2.05, 4.69) is 15.9 Å². The molecule has 0 spiro atoms. The van der Waals surface area contributed by atoms with E-state index in [4.69, 9.17) is 33.0 Å². The number of benzene rings is 2. The number of imide groups is 1. The summed E-state index contributed by atoms with van der Waals surface area (Å²) >= 11 is 16.2. The second-order valence-electron chi connectivity index (χ2n) is 5.88. The van der Waals surface area contributed by atoms with Crippen molar-refractivity contribution in [2.75, 3.05) is 6.61 Å². The highest BCUT2D eigenvalue weighted by Crippen LogP contribution is 2.35. The van der Waals surface area contributed by atoms with Crippen LogP contribution in [0.25, 0.3) is 6.08 Å². The van der Waals surface area contributed by atoms with E-state index in [9.17, 15) is 14.4 Å². The summed E-state index contributed by atoms with van der Waals surface area (Å²) < 4.78 is 5.67. The number of carboxylic acid groups (broad SMARTS) is 1. The fraction of sp³-hybridized carbons (Fsp3) is 0.105. The highest BCUT2D eigenvalue weighted by molar-refractivity contribution is 9.10. The fourth-order valence-electron chi connectivity index (χ4n) is 2.47. The molecule has 1 fully saturated rings. The van der Waals surface area contributed by atoms with Gasteiger partial charge in [-0.05, 0) is 69.2 Å². The van der Waals surface area contributed by atoms with Crippen LogP contribution in [-0.2, 0) is 16.1 Å². The van der Waals surface area contributed by atoms with E-state index in [0.717, 1.165) is 16.7 Å². The number of carbonyl (C=O) groups is 3. The van der Waals surface area contributed by atoms with E-state index in [-0.39, 0.29) is 11.4 Å². The van der Waals surface area contributed by atoms with Crippen molar-refractivity contribution in [1.82, 2.24) is 4.90 Å². The van der Waals surface area contributed by atoms with Gasteiger partial charge in [-0.3, -0.25) is 14.5 Å². The minimum absolute atomic E-state index is 0.0453. The molecule has 1 N–H and O–H groups in total. The molecule has 29 heavy (non-hydrogen) atoms. The number of nitrogens with zero attached hydrogens (tertiary/aromatic N) is 1. The van der Waals surface area contributed by atoms with Gasteiger partial charge in [0.15, 0.2) is 6.61 Å². The summed E-state index contributed by atoms with van der Waals surface area (Å²) in [6.45, 7) is -0.423. The van der Waals surface area contributed by atoms with Crippen LogP contribution in [0.1, 0.15) is 11.1 Å². The number of thioether (sulfide) groups is 1. The molecule has 0 radical (unpaired) electrons. The van der Waals surface area contributed by atoms with Crippen molar-refractivity contribution in [2.24, 2.45) is 0 Å². The SMILES string of the molecule is O=C(O)COc1ccc(/C=C2\SC(=O)N(Cc3ccc(Cl)cc3Cl)C2=O)cc1Br. The van der Waals surface area contributed by atoms with Gasteiger partial charge in [-0.2, -0.15) is 0 Å². The Morgan fingerprint density at radius 1 is 1.21 bits per heavy atom. The van der Waals surface area contributed by atoms with Gasteiger partial charge in [-0.25, -0.2) is 4.79 Å². The third-order valence-corrected chi connectivity index (χ3v) is 5.94. The van der Waals surface area contributed by atoms with Gasteiger partial charge >= 0.3 is 5.97 Å². The molecule has 0 saturated carbocycles. The molecule has 10 heteroatoms. The van der Waals surface area contributed by atoms with Crippen LogP contribution >= 0.6 is 50.9 Å². The zero-order chi connectivity index (χ0) is 21.1. The quantitative estimate of drug-likeness (QED) is 0.513. The lowest BCUT2D eigenvalue weighted by Crippen LogP contribution is -2.27. The van der Waals surface area contributed by atoms with Gasteiger partial charge in [0.2, 0.25) is 0 Å². The molecule has 3 rings (SSSR count). The second-order valence-corrected chi connectivity index (χ2v) is 8.57. The highest BCUT2D eigenvalue weighted by Gasteiger charge is 2.35. The Bertz CT molecular complexity index is 1040. The topological polar surface area (TPSA) is 83.9 Å². The van der Waals surface area contributed by atoms with Gasteiger partial charge in [-0.15, -0.1) is 0 Å². The smallest absolute Gasteiger partial charge is 0.341 e. The van der Waals surface area contributed by atoms with Crippen molar-refractivity contribution in [3.05, 3.63) is 66.9 Å². The molecule has 1 heterocycles. The van der Waals surface area contributed by atoms with Crippen LogP contribution < -0.4 is 4.74 Å². The molecule has 6 nitrogen and oxygen atoms in total. The average molecular weight is 517 g/mol. The van der Waals surface area contributed by atoms with Crippen LogP contribution in [0, 0.1) is 0 Å². The highest BCUT2D eigenvalue weighted by atomic mass is 79.9. The zero-order valence-electron chi connectivity index (χ0n) is 14.5. The normalized spacial score (nSPS) is 15.3. The summed E-state index contributed by atoms with van der Waals surface area (Å²) in [5.41, 5.74) is 1.26. The standard InChI is InChI=1S/C19H12BrCl2NO5S/c20-13-5-10(1-4-15(13)28-9-17(24)25)6-16-18(26)23(19(27)29-16)8-11-2-3-12(21)7-14(11)22/h1-7H,8-9H2,(H,24,25)/b16-6-. The third kappa shape index (κ3) is 5.33. The number of halogens is 3. The van der Waals surface area contributed by atoms with Crippen molar-refractivity contribution >= 4 is 74.1 Å². The van der Waals surface area contributed by atoms with Gasteiger partial charge < -0.3 is 9.84 Å². The number of carboxylic acids is 1. The van der Waals surface area contributed by atoms with Crippen LogP contribution in [0.4, 0.5) is 4.79 Å². The van der Waals surface area contributed by atoms with E-state index in [1.165, 1.54) is 0 Å². The molecule has 1 aliphatic heterocycles. The third-order valence-electron chi connectivity index (χ3n) is 3.82. The van der Waals surface area contributed by atoms with Crippen molar-refractivity contribution < 1.29 is 24.2 Å². The average Bonchev–Trinajstić information content (AvgIpc) is 2.90. The van der Waals surface area contributed by atoms with E-state index in [0.29, 0.717) is 31.4 Å². The molecule has 2 amide bonds. The summed E-state index contributed by atoms with van der Waals surface area (Å²) in [5.74, 6) is -1.15. The minimum atomic E-state index is -1.09. The minimum Gasteiger partial charge on any atom is -0.481 e. The molecule has 150 valence electrons. The summed E-state index contributed by atoms with van der Waals surface area (Å²) in [7, 11) is 0. The van der Waals surface area contributed by atoms with Crippen molar-refractivity contribution in [1.29, 1.82) is 0 Å². The van der Waals surface area contributed by atoms with Crippen LogP contribution in [0.15, 0.2) is 45.8 Å². The molecule has 0 aliphatic carbocycles. The Hall–Kier alpha value is -2.00. The predicted octanol–water partition coefficient (Wildman–Crippen LogP) is 5.46. The van der Waals surface area contributed by atoms with Gasteiger partial charge in [0, 0.05) is 10.0 Å². The monoisotopic (exact) mass is 515 g/mol. The number of hydrogen-bond donors (Lipinski definition) is 1. The van der Waals surface area contributed by atoms with Crippen molar-refractivity contribution in [3.8, 4) is 5.75 Å². The van der Waals surface area contributed by atoms with Crippen LogP contribution in [0.3, 0.4) is 0 Å². The Kier molecular flexibility index (Phi) is 6.89. The van der Waals surface area contributed by atoms with Crippen LogP contribution in [0.5, 0.6) is 5.75 Å². The summed E-state index contributed by atoms with van der Waals surface area (Å²) in [5, 5.41) is 9.13. The number of ether oxygens (including phenoxy) is 1. The predicted molar refractivity (Wildman–Crippen MR) is 115 cm³/mol. The van der Waals surface area contributed by atoms with Crippen LogP contribution in [0.2, 0.25) is 10.0 Å². The first-order valence-electron chi connectivity index (χ1n) is 8.08. The first-order valence-corrected chi connectivity index (χ1v) is 10.4. The molecule has 1 aliphatic rings. The molecule has 0 unspecified atom stereocenters. The maximum atomic E-state index is 12.7. The molecule has 1 saturated heterocycles. The molecule has 0 bridgehead atoms. The molecular formula is C19H12BrCl2NO5S. The van der Waals surface area contributed by atoms with Crippen molar-refractivity contribution in [3.63, 3.8) is 0 Å². The fourth-order valence-corrected chi connectivity index (χ4v) is 4.29. The number of amides is 2. The lowest BCUT2D eigenvalue weighted by atomic mass is 10.2. The van der Waals surface area contributed by atoms with Gasteiger partial charge in [0.05, 0.1) is 15.9 Å². The lowest BCUT2D eigenvalue weighted by Gasteiger charge is -2.13. The zero-order valence-corrected chi connectivity index (χ0v) is 18.4. The summed E-state index contributed by atoms with van der Waals surface area (Å²) in [6.07, 6.45) is 1.58. The molecule has 0 aromatic heterocycles. The van der Waals surface area contributed by atoms with Gasteiger partial charge in [-0.1, -0.05) is 35.3 Å². The van der Waals surface area contributed by atoms with Crippen LogP contribution in [-0.4, -0.2) is 33.7 Å². The first kappa shape index (κ1) is 21.7. The Morgan fingerprint density at radius 2 is 1.97 bits per heavy atom. The Morgan fingerprint density at radius 3 is 2.62 bits per heavy atom. The van der Waals surface area contributed by atoms with E-state index in [1.807, 2.05) is 0 Å². The number of hydrogen-bond acceptors (Lipinski definition) is 5. The maximum absolute atomic E-state index is 12.7. The van der Waals surface area contributed by atoms with E-state index >= 15 is 0 Å². The maximum Gasteiger partial charge on any atom is 0.341 e. The van der Waals surface area contributed by atoms with Crippen molar-refractivity contribution in [2.45, 2.75) is 6.54 Å². The molecule has 2 aromatic carbocycles. The number of carbonyl (C=O) groups excluding carboxylic acids is 2. The number of rotatable bonds is 6. The summed E-state index contributed by atoms with van der Waals surface area (Å²) in [4.78, 5) is 37.0. The Labute approximate surface area is 188 Å².